The van der Waals surface area contributed by atoms with Gasteiger partial charge in [-0.3, -0.25) is 13.9 Å². The van der Waals surface area contributed by atoms with E-state index in [9.17, 15) is 18.0 Å². The molecule has 0 unspecified atom stereocenters. The van der Waals surface area contributed by atoms with E-state index in [2.05, 4.69) is 5.32 Å². The number of anilines is 1. The Bertz CT molecular complexity index is 1760. The van der Waals surface area contributed by atoms with Crippen molar-refractivity contribution >= 4 is 50.7 Å². The highest BCUT2D eigenvalue weighted by atomic mass is 35.5. The van der Waals surface area contributed by atoms with Gasteiger partial charge in [-0.15, -0.1) is 0 Å². The zero-order chi connectivity index (χ0) is 33.5. The fourth-order valence-electron chi connectivity index (χ4n) is 4.91. The molecule has 242 valence electrons. The lowest BCUT2D eigenvalue weighted by Crippen LogP contribution is -2.56. The smallest absolute Gasteiger partial charge is 0.264 e. The summed E-state index contributed by atoms with van der Waals surface area (Å²) in [6, 6.07) is 27.6. The lowest BCUT2D eigenvalue weighted by Gasteiger charge is -2.35. The molecule has 2 amide bonds. The number of nitrogens with one attached hydrogen (secondary N) is 1. The topological polar surface area (TPSA) is 96.0 Å². The standard InChI is InChI=1S/C35H37Cl2N3O5S/c1-35(2,3)38-34(42)31(21-25-13-7-5-8-14-25)39(23-26-19-20-27(36)22-29(26)37)33(41)24-40(30-17-11-12-18-32(30)45-4)46(43,44)28-15-9-6-10-16-28/h5-20,22,31H,21,23-24H2,1-4H3,(H,38,42)/t31-/m0/s1. The minimum Gasteiger partial charge on any atom is -0.495 e. The monoisotopic (exact) mass is 681 g/mol. The van der Waals surface area contributed by atoms with Crippen LogP contribution in [0.15, 0.2) is 108 Å². The third kappa shape index (κ3) is 8.81. The molecule has 0 fully saturated rings. The Morgan fingerprint density at radius 2 is 1.48 bits per heavy atom. The summed E-state index contributed by atoms with van der Waals surface area (Å²) in [4.78, 5) is 30.0. The molecular weight excluding hydrogens is 645 g/mol. The van der Waals surface area contributed by atoms with Crippen molar-refractivity contribution in [2.24, 2.45) is 0 Å². The summed E-state index contributed by atoms with van der Waals surface area (Å²) in [5, 5.41) is 3.72. The van der Waals surface area contributed by atoms with E-state index in [0.717, 1.165) is 9.87 Å². The molecule has 0 bridgehead atoms. The van der Waals surface area contributed by atoms with Gasteiger partial charge in [-0.05, 0) is 68.3 Å². The van der Waals surface area contributed by atoms with Gasteiger partial charge in [0.15, 0.2) is 0 Å². The van der Waals surface area contributed by atoms with Crippen LogP contribution in [0.3, 0.4) is 0 Å². The number of hydrogen-bond donors (Lipinski definition) is 1. The molecule has 0 saturated heterocycles. The van der Waals surface area contributed by atoms with Crippen LogP contribution in [0.2, 0.25) is 10.0 Å². The van der Waals surface area contributed by atoms with E-state index in [0.29, 0.717) is 15.6 Å². The van der Waals surface area contributed by atoms with Gasteiger partial charge < -0.3 is 15.0 Å². The average Bonchev–Trinajstić information content (AvgIpc) is 3.02. The number of nitrogens with zero attached hydrogens (tertiary/aromatic N) is 2. The second kappa shape index (κ2) is 15.0. The Kier molecular flexibility index (Phi) is 11.4. The van der Waals surface area contributed by atoms with Crippen LogP contribution in [0.5, 0.6) is 5.75 Å². The third-order valence-corrected chi connectivity index (χ3v) is 9.45. The first kappa shape index (κ1) is 34.8. The van der Waals surface area contributed by atoms with Crippen LogP contribution in [0.4, 0.5) is 5.69 Å². The molecule has 1 atom stereocenters. The minimum absolute atomic E-state index is 0.00712. The molecule has 0 saturated carbocycles. The number of halogens is 2. The second-order valence-corrected chi connectivity index (χ2v) is 14.4. The average molecular weight is 683 g/mol. The number of ether oxygens (including phenoxy) is 1. The Morgan fingerprint density at radius 1 is 0.870 bits per heavy atom. The quantitative estimate of drug-likeness (QED) is 0.178. The maximum Gasteiger partial charge on any atom is 0.264 e. The first-order valence-corrected chi connectivity index (χ1v) is 16.8. The molecular formula is C35H37Cl2N3O5S. The van der Waals surface area contributed by atoms with E-state index in [1.807, 2.05) is 51.1 Å². The van der Waals surface area contributed by atoms with Crippen molar-refractivity contribution < 1.29 is 22.7 Å². The first-order valence-electron chi connectivity index (χ1n) is 14.6. The van der Waals surface area contributed by atoms with E-state index < -0.39 is 40.0 Å². The molecule has 4 aromatic carbocycles. The number of sulfonamides is 1. The van der Waals surface area contributed by atoms with Gasteiger partial charge in [-0.25, -0.2) is 8.42 Å². The summed E-state index contributed by atoms with van der Waals surface area (Å²) >= 11 is 12.7. The lowest BCUT2D eigenvalue weighted by molar-refractivity contribution is -0.140. The van der Waals surface area contributed by atoms with Gasteiger partial charge in [0.2, 0.25) is 11.8 Å². The highest BCUT2D eigenvalue weighted by Gasteiger charge is 2.36. The highest BCUT2D eigenvalue weighted by molar-refractivity contribution is 7.92. The minimum atomic E-state index is -4.27. The number of hydrogen-bond acceptors (Lipinski definition) is 5. The number of para-hydroxylation sites is 2. The molecule has 0 aliphatic carbocycles. The summed E-state index contributed by atoms with van der Waals surface area (Å²) in [5.74, 6) is -0.764. The number of carbonyl (C=O) groups excluding carboxylic acids is 2. The van der Waals surface area contributed by atoms with Crippen molar-refractivity contribution in [3.63, 3.8) is 0 Å². The Labute approximate surface area is 280 Å². The molecule has 0 spiro atoms. The van der Waals surface area contributed by atoms with Crippen molar-refractivity contribution in [3.8, 4) is 5.75 Å². The normalized spacial score (nSPS) is 12.2. The van der Waals surface area contributed by atoms with Crippen molar-refractivity contribution in [2.75, 3.05) is 18.0 Å². The molecule has 46 heavy (non-hydrogen) atoms. The van der Waals surface area contributed by atoms with Crippen molar-refractivity contribution in [2.45, 2.75) is 50.2 Å². The zero-order valence-corrected chi connectivity index (χ0v) is 28.4. The predicted octanol–water partition coefficient (Wildman–Crippen LogP) is 6.75. The summed E-state index contributed by atoms with van der Waals surface area (Å²) in [6.07, 6.45) is 0.166. The molecule has 1 N–H and O–H groups in total. The van der Waals surface area contributed by atoms with Gasteiger partial charge in [-0.2, -0.15) is 0 Å². The molecule has 4 rings (SSSR count). The number of rotatable bonds is 12. The Balaban J connectivity index is 1.86. The second-order valence-electron chi connectivity index (χ2n) is 11.7. The summed E-state index contributed by atoms with van der Waals surface area (Å²) in [7, 11) is -2.85. The van der Waals surface area contributed by atoms with Gasteiger partial charge in [0.05, 0.1) is 17.7 Å². The number of carbonyl (C=O) groups is 2. The Hall–Kier alpha value is -4.05. The van der Waals surface area contributed by atoms with Gasteiger partial charge in [0.25, 0.3) is 10.0 Å². The number of methoxy groups -OCH3 is 1. The van der Waals surface area contributed by atoms with Crippen molar-refractivity contribution in [1.29, 1.82) is 0 Å². The molecule has 11 heteroatoms. The SMILES string of the molecule is COc1ccccc1N(CC(=O)N(Cc1ccc(Cl)cc1Cl)[C@@H](Cc1ccccc1)C(=O)NC(C)(C)C)S(=O)(=O)c1ccccc1. The van der Waals surface area contributed by atoms with Crippen LogP contribution in [-0.2, 0) is 32.6 Å². The Morgan fingerprint density at radius 3 is 2.09 bits per heavy atom. The fourth-order valence-corrected chi connectivity index (χ4v) is 6.82. The van der Waals surface area contributed by atoms with Gasteiger partial charge in [0.1, 0.15) is 18.3 Å². The summed E-state index contributed by atoms with van der Waals surface area (Å²) in [5.41, 5.74) is 0.912. The molecule has 0 radical (unpaired) electrons. The van der Waals surface area contributed by atoms with Crippen molar-refractivity contribution in [3.05, 3.63) is 124 Å². The van der Waals surface area contributed by atoms with Crippen LogP contribution in [0, 0.1) is 0 Å². The van der Waals surface area contributed by atoms with E-state index in [1.54, 1.807) is 60.7 Å². The van der Waals surface area contributed by atoms with E-state index in [-0.39, 0.29) is 29.3 Å². The molecule has 8 nitrogen and oxygen atoms in total. The summed E-state index contributed by atoms with van der Waals surface area (Å²) in [6.45, 7) is 4.83. The maximum atomic E-state index is 14.6. The molecule has 0 aliphatic rings. The van der Waals surface area contributed by atoms with Gasteiger partial charge in [-0.1, -0.05) is 89.9 Å². The highest BCUT2D eigenvalue weighted by Crippen LogP contribution is 2.33. The predicted molar refractivity (Wildman–Crippen MR) is 183 cm³/mol. The molecule has 0 aliphatic heterocycles. The van der Waals surface area contributed by atoms with E-state index >= 15 is 0 Å². The number of benzene rings is 4. The van der Waals surface area contributed by atoms with Crippen molar-refractivity contribution in [1.82, 2.24) is 10.2 Å². The first-order chi connectivity index (χ1) is 21.8. The summed E-state index contributed by atoms with van der Waals surface area (Å²) < 4.78 is 34.9. The van der Waals surface area contributed by atoms with Gasteiger partial charge >= 0.3 is 0 Å². The van der Waals surface area contributed by atoms with Crippen LogP contribution in [0.25, 0.3) is 0 Å². The van der Waals surface area contributed by atoms with Crippen LogP contribution in [0.1, 0.15) is 31.9 Å². The van der Waals surface area contributed by atoms with E-state index in [4.69, 9.17) is 27.9 Å². The molecule has 4 aromatic rings. The van der Waals surface area contributed by atoms with Crippen LogP contribution < -0.4 is 14.4 Å². The zero-order valence-electron chi connectivity index (χ0n) is 26.1. The molecule has 0 heterocycles. The van der Waals surface area contributed by atoms with Gasteiger partial charge in [0, 0.05) is 28.5 Å². The number of amides is 2. The lowest BCUT2D eigenvalue weighted by atomic mass is 10.0. The molecule has 0 aromatic heterocycles. The largest absolute Gasteiger partial charge is 0.495 e. The van der Waals surface area contributed by atoms with Crippen LogP contribution in [-0.4, -0.2) is 50.4 Å². The van der Waals surface area contributed by atoms with Crippen LogP contribution >= 0.6 is 23.2 Å². The van der Waals surface area contributed by atoms with E-state index in [1.165, 1.54) is 24.1 Å². The maximum absolute atomic E-state index is 14.6. The third-order valence-electron chi connectivity index (χ3n) is 7.09. The fraction of sp³-hybridized carbons (Fsp3) is 0.257.